The maximum Gasteiger partial charge on any atom is 0.173 e. The summed E-state index contributed by atoms with van der Waals surface area (Å²) in [6.45, 7) is 8.52. The Balaban J connectivity index is 2.20. The lowest BCUT2D eigenvalue weighted by Gasteiger charge is -2.15. The van der Waals surface area contributed by atoms with E-state index < -0.39 is 0 Å². The normalized spacial score (nSPS) is 12.1. The van der Waals surface area contributed by atoms with Crippen LogP contribution < -0.4 is 0 Å². The molecule has 18 heavy (non-hydrogen) atoms. The summed E-state index contributed by atoms with van der Waals surface area (Å²) in [4.78, 5) is 8.86. The lowest BCUT2D eigenvalue weighted by molar-refractivity contribution is 0.566. The van der Waals surface area contributed by atoms with Gasteiger partial charge in [-0.25, -0.2) is 9.97 Å². The van der Waals surface area contributed by atoms with Gasteiger partial charge in [0.05, 0.1) is 9.48 Å². The summed E-state index contributed by atoms with van der Waals surface area (Å²) < 4.78 is 3.82. The summed E-state index contributed by atoms with van der Waals surface area (Å²) >= 11 is 6.71. The molecular weight excluding hydrogens is 332 g/mol. The van der Waals surface area contributed by atoms with Gasteiger partial charge >= 0.3 is 0 Å². The molecule has 2 rings (SSSR count). The Hall–Kier alpha value is -0.400. The van der Waals surface area contributed by atoms with Crippen LogP contribution in [0.3, 0.4) is 0 Å². The van der Waals surface area contributed by atoms with Crippen molar-refractivity contribution in [2.45, 2.75) is 43.9 Å². The van der Waals surface area contributed by atoms with Gasteiger partial charge in [-0.05, 0) is 15.9 Å². The van der Waals surface area contributed by atoms with Crippen molar-refractivity contribution in [3.8, 4) is 0 Å². The van der Waals surface area contributed by atoms with Gasteiger partial charge in [0, 0.05) is 23.8 Å². The first-order valence-electron chi connectivity index (χ1n) is 5.66. The van der Waals surface area contributed by atoms with Crippen LogP contribution in [0, 0.1) is 0 Å². The summed E-state index contributed by atoms with van der Waals surface area (Å²) in [5, 5.41) is 4.35. The van der Waals surface area contributed by atoms with Crippen molar-refractivity contribution in [2.75, 3.05) is 0 Å². The van der Waals surface area contributed by atoms with E-state index in [1.54, 1.807) is 21.8 Å². The predicted molar refractivity (Wildman–Crippen MR) is 79.2 cm³/mol. The Morgan fingerprint density at radius 3 is 2.67 bits per heavy atom. The zero-order valence-corrected chi connectivity index (χ0v) is 14.0. The highest BCUT2D eigenvalue weighted by molar-refractivity contribution is 9.11. The number of nitrogens with zero attached hydrogens (tertiary/aromatic N) is 4. The number of hydrogen-bond acceptors (Lipinski definition) is 5. The smallest absolute Gasteiger partial charge is 0.173 e. The highest BCUT2D eigenvalue weighted by Gasteiger charge is 2.22. The quantitative estimate of drug-likeness (QED) is 0.844. The molecule has 0 saturated carbocycles. The van der Waals surface area contributed by atoms with Gasteiger partial charge in [-0.3, -0.25) is 0 Å². The minimum atomic E-state index is 0.0467. The van der Waals surface area contributed by atoms with Crippen molar-refractivity contribution in [1.82, 2.24) is 19.2 Å². The van der Waals surface area contributed by atoms with Crippen LogP contribution in [-0.4, -0.2) is 19.2 Å². The van der Waals surface area contributed by atoms with Crippen LogP contribution in [0.15, 0.2) is 14.5 Å². The van der Waals surface area contributed by atoms with Gasteiger partial charge < -0.3 is 0 Å². The molecule has 0 amide bonds. The third-order valence-electron chi connectivity index (χ3n) is 2.28. The maximum absolute atomic E-state index is 4.66. The minimum absolute atomic E-state index is 0.0467. The monoisotopic (exact) mass is 346 g/mol. The van der Waals surface area contributed by atoms with Gasteiger partial charge in [0.25, 0.3) is 0 Å². The number of rotatable bonds is 3. The molecule has 0 aromatic carbocycles. The Bertz CT molecular complexity index is 541. The van der Waals surface area contributed by atoms with Gasteiger partial charge in [-0.1, -0.05) is 39.0 Å². The maximum atomic E-state index is 4.66. The van der Waals surface area contributed by atoms with Crippen LogP contribution in [0.1, 0.15) is 39.2 Å². The SMILES string of the molecule is CCc1ncn(Sc2nc(C(C)(C)C)c(Br)s2)n1. The molecule has 2 heterocycles. The standard InChI is InChI=1S/C11H15BrN4S2/c1-5-7-13-6-16(15-7)18-10-14-8(9(12)17-10)11(2,3)4/h6H,5H2,1-4H3. The summed E-state index contributed by atoms with van der Waals surface area (Å²) in [7, 11) is 0. The van der Waals surface area contributed by atoms with Gasteiger partial charge in [-0.2, -0.15) is 4.09 Å². The van der Waals surface area contributed by atoms with E-state index in [9.17, 15) is 0 Å². The van der Waals surface area contributed by atoms with Crippen molar-refractivity contribution in [3.63, 3.8) is 0 Å². The predicted octanol–water partition coefficient (Wildman–Crippen LogP) is 3.91. The summed E-state index contributed by atoms with van der Waals surface area (Å²) in [5.74, 6) is 0.856. The highest BCUT2D eigenvalue weighted by Crippen LogP contribution is 2.37. The fourth-order valence-corrected chi connectivity index (χ4v) is 4.71. The van der Waals surface area contributed by atoms with Crippen LogP contribution in [0.25, 0.3) is 0 Å². The van der Waals surface area contributed by atoms with Crippen LogP contribution in [0.4, 0.5) is 0 Å². The van der Waals surface area contributed by atoms with Gasteiger partial charge in [0.15, 0.2) is 10.2 Å². The molecule has 0 atom stereocenters. The molecular formula is C11H15BrN4S2. The minimum Gasteiger partial charge on any atom is -0.231 e. The second-order valence-electron chi connectivity index (χ2n) is 4.86. The van der Waals surface area contributed by atoms with Crippen LogP contribution in [0.5, 0.6) is 0 Å². The Kier molecular flexibility index (Phi) is 4.13. The van der Waals surface area contributed by atoms with Crippen LogP contribution >= 0.6 is 39.2 Å². The molecule has 0 unspecified atom stereocenters. The molecule has 0 aliphatic rings. The summed E-state index contributed by atoms with van der Waals surface area (Å²) in [6, 6.07) is 0. The first-order chi connectivity index (χ1) is 8.40. The molecule has 0 bridgehead atoms. The van der Waals surface area contributed by atoms with Crippen molar-refractivity contribution in [2.24, 2.45) is 0 Å². The van der Waals surface area contributed by atoms with E-state index in [-0.39, 0.29) is 5.41 Å². The van der Waals surface area contributed by atoms with E-state index >= 15 is 0 Å². The van der Waals surface area contributed by atoms with Crippen molar-refractivity contribution in [3.05, 3.63) is 21.6 Å². The first kappa shape index (κ1) is 14.0. The third-order valence-corrected chi connectivity index (χ3v) is 4.87. The highest BCUT2D eigenvalue weighted by atomic mass is 79.9. The lowest BCUT2D eigenvalue weighted by Crippen LogP contribution is -2.12. The molecule has 0 N–H and O–H groups in total. The molecule has 0 saturated heterocycles. The summed E-state index contributed by atoms with van der Waals surface area (Å²) in [5.41, 5.74) is 1.14. The Morgan fingerprint density at radius 2 is 2.17 bits per heavy atom. The largest absolute Gasteiger partial charge is 0.231 e. The van der Waals surface area contributed by atoms with Gasteiger partial charge in [-0.15, -0.1) is 5.10 Å². The van der Waals surface area contributed by atoms with Crippen LogP contribution in [0.2, 0.25) is 0 Å². The van der Waals surface area contributed by atoms with E-state index in [0.717, 1.165) is 26.1 Å². The average Bonchev–Trinajstić information content (AvgIpc) is 2.84. The first-order valence-corrected chi connectivity index (χ1v) is 8.04. The van der Waals surface area contributed by atoms with Crippen molar-refractivity contribution < 1.29 is 0 Å². The van der Waals surface area contributed by atoms with E-state index in [4.69, 9.17) is 0 Å². The van der Waals surface area contributed by atoms with E-state index in [1.807, 2.05) is 6.92 Å². The molecule has 98 valence electrons. The molecule has 2 aromatic rings. The summed E-state index contributed by atoms with van der Waals surface area (Å²) in [6.07, 6.45) is 2.58. The Morgan fingerprint density at radius 1 is 1.44 bits per heavy atom. The number of hydrogen-bond donors (Lipinski definition) is 0. The number of aromatic nitrogens is 4. The molecule has 0 aliphatic heterocycles. The van der Waals surface area contributed by atoms with E-state index in [2.05, 4.69) is 51.8 Å². The third kappa shape index (κ3) is 3.13. The zero-order valence-electron chi connectivity index (χ0n) is 10.8. The van der Waals surface area contributed by atoms with Gasteiger partial charge in [0.2, 0.25) is 0 Å². The Labute approximate surface area is 123 Å². The fourth-order valence-electron chi connectivity index (χ4n) is 1.35. The van der Waals surface area contributed by atoms with Gasteiger partial charge in [0.1, 0.15) is 6.33 Å². The zero-order chi connectivity index (χ0) is 13.3. The number of aryl methyl sites for hydroxylation is 1. The molecule has 0 radical (unpaired) electrons. The van der Waals surface area contributed by atoms with Crippen molar-refractivity contribution in [1.29, 1.82) is 0 Å². The molecule has 7 heteroatoms. The fraction of sp³-hybridized carbons (Fsp3) is 0.545. The topological polar surface area (TPSA) is 43.6 Å². The molecule has 4 nitrogen and oxygen atoms in total. The van der Waals surface area contributed by atoms with E-state index in [0.29, 0.717) is 0 Å². The molecule has 0 aliphatic carbocycles. The molecule has 0 fully saturated rings. The van der Waals surface area contributed by atoms with Crippen molar-refractivity contribution >= 4 is 39.2 Å². The number of thiazole rings is 1. The molecule has 0 spiro atoms. The average molecular weight is 347 g/mol. The molecule has 2 aromatic heterocycles. The second-order valence-corrected chi connectivity index (χ2v) is 8.38. The van der Waals surface area contributed by atoms with Crippen LogP contribution in [-0.2, 0) is 11.8 Å². The number of halogens is 1. The second kappa shape index (κ2) is 5.30. The van der Waals surface area contributed by atoms with E-state index in [1.165, 1.54) is 11.9 Å². The lowest BCUT2D eigenvalue weighted by atomic mass is 9.93.